The Morgan fingerprint density at radius 2 is 1.81 bits per heavy atom. The lowest BCUT2D eigenvalue weighted by Gasteiger charge is -2.49. The molecule has 0 spiro atoms. The van der Waals surface area contributed by atoms with E-state index < -0.39 is 5.41 Å². The normalized spacial score (nSPS) is 23.3. The summed E-state index contributed by atoms with van der Waals surface area (Å²) in [7, 11) is 0. The van der Waals surface area contributed by atoms with Crippen LogP contribution in [0, 0.1) is 5.41 Å². The van der Waals surface area contributed by atoms with E-state index in [4.69, 9.17) is 0 Å². The molecule has 1 aromatic rings. The van der Waals surface area contributed by atoms with Crippen molar-refractivity contribution in [2.24, 2.45) is 5.41 Å². The number of nitrogens with zero attached hydrogens (tertiary/aromatic N) is 3. The minimum atomic E-state index is -1.23. The summed E-state index contributed by atoms with van der Waals surface area (Å²) >= 11 is 0. The number of hydrogen-bond donors (Lipinski definition) is 0. The summed E-state index contributed by atoms with van der Waals surface area (Å²) in [4.78, 5) is 33.0. The third kappa shape index (κ3) is 2.95. The molecule has 0 aliphatic carbocycles. The minimum Gasteiger partial charge on any atom is -0.374 e. The maximum absolute atomic E-state index is 13.8. The molecule has 5 nitrogen and oxygen atoms in total. The van der Waals surface area contributed by atoms with Crippen molar-refractivity contribution in [3.63, 3.8) is 0 Å². The summed E-state index contributed by atoms with van der Waals surface area (Å²) in [6.45, 7) is 9.94. The topological polar surface area (TPSA) is 43.9 Å². The van der Waals surface area contributed by atoms with Crippen molar-refractivity contribution < 1.29 is 9.59 Å². The number of hydrogen-bond acceptors (Lipinski definition) is 3. The fourth-order valence-corrected chi connectivity index (χ4v) is 4.21. The molecule has 144 valence electrons. The minimum absolute atomic E-state index is 0.120. The Bertz CT molecular complexity index is 780. The van der Waals surface area contributed by atoms with Crippen LogP contribution in [-0.2, 0) is 9.59 Å². The van der Waals surface area contributed by atoms with E-state index in [0.29, 0.717) is 12.4 Å². The van der Waals surface area contributed by atoms with Gasteiger partial charge in [0.25, 0.3) is 5.91 Å². The maximum atomic E-state index is 13.8. The van der Waals surface area contributed by atoms with Gasteiger partial charge in [-0.15, -0.1) is 0 Å². The highest BCUT2D eigenvalue weighted by Crippen LogP contribution is 2.43. The number of amides is 2. The molecule has 27 heavy (non-hydrogen) atoms. The average molecular weight is 367 g/mol. The maximum Gasteiger partial charge on any atom is 0.254 e. The van der Waals surface area contributed by atoms with Crippen molar-refractivity contribution in [2.75, 3.05) is 24.5 Å². The van der Waals surface area contributed by atoms with E-state index in [1.807, 2.05) is 49.4 Å². The number of benzene rings is 1. The SMILES string of the molecule is C/C=C(\N(CC)CC)[C@]1(C)C(=O)N2CCCC=C2N(c2ccccc2)C1=O. The molecule has 0 N–H and O–H groups in total. The average Bonchev–Trinajstić information content (AvgIpc) is 2.71. The Kier molecular flexibility index (Phi) is 5.40. The largest absolute Gasteiger partial charge is 0.374 e. The highest BCUT2D eigenvalue weighted by atomic mass is 16.2. The van der Waals surface area contributed by atoms with Gasteiger partial charge in [-0.3, -0.25) is 19.4 Å². The molecule has 1 fully saturated rings. The lowest BCUT2D eigenvalue weighted by Crippen LogP contribution is -2.63. The smallest absolute Gasteiger partial charge is 0.254 e. The predicted molar refractivity (Wildman–Crippen MR) is 108 cm³/mol. The number of para-hydroxylation sites is 1. The van der Waals surface area contributed by atoms with Gasteiger partial charge < -0.3 is 4.90 Å². The van der Waals surface area contributed by atoms with Crippen molar-refractivity contribution >= 4 is 17.5 Å². The summed E-state index contributed by atoms with van der Waals surface area (Å²) < 4.78 is 0. The Balaban J connectivity index is 2.18. The van der Waals surface area contributed by atoms with E-state index in [9.17, 15) is 9.59 Å². The van der Waals surface area contributed by atoms with Gasteiger partial charge >= 0.3 is 0 Å². The lowest BCUT2D eigenvalue weighted by atomic mass is 9.79. The van der Waals surface area contributed by atoms with Crippen LogP contribution in [0.15, 0.2) is 54.0 Å². The molecule has 1 atom stereocenters. The first-order valence-electron chi connectivity index (χ1n) is 9.84. The van der Waals surface area contributed by atoms with Crippen LogP contribution in [-0.4, -0.2) is 41.2 Å². The third-order valence-corrected chi connectivity index (χ3v) is 5.63. The summed E-state index contributed by atoms with van der Waals surface area (Å²) in [6, 6.07) is 9.63. The molecular weight excluding hydrogens is 338 g/mol. The van der Waals surface area contributed by atoms with Crippen molar-refractivity contribution in [3.05, 3.63) is 54.0 Å². The molecule has 0 saturated carbocycles. The molecule has 2 amide bonds. The van der Waals surface area contributed by atoms with Crippen LogP contribution in [0.1, 0.15) is 40.5 Å². The Labute approximate surface area is 161 Å². The number of rotatable bonds is 5. The van der Waals surface area contributed by atoms with Gasteiger partial charge in [0, 0.05) is 25.3 Å². The van der Waals surface area contributed by atoms with E-state index in [2.05, 4.69) is 18.7 Å². The van der Waals surface area contributed by atoms with Crippen molar-refractivity contribution in [1.82, 2.24) is 9.80 Å². The molecule has 0 bridgehead atoms. The molecule has 3 rings (SSSR count). The molecule has 1 saturated heterocycles. The van der Waals surface area contributed by atoms with Crippen LogP contribution in [0.4, 0.5) is 5.69 Å². The van der Waals surface area contributed by atoms with Gasteiger partial charge in [0.1, 0.15) is 5.82 Å². The summed E-state index contributed by atoms with van der Waals surface area (Å²) in [5.74, 6) is 0.406. The van der Waals surface area contributed by atoms with Gasteiger partial charge in [-0.25, -0.2) is 0 Å². The molecule has 2 heterocycles. The third-order valence-electron chi connectivity index (χ3n) is 5.63. The van der Waals surface area contributed by atoms with Gasteiger partial charge in [-0.05, 0) is 58.7 Å². The second-order valence-corrected chi connectivity index (χ2v) is 7.11. The quantitative estimate of drug-likeness (QED) is 0.745. The van der Waals surface area contributed by atoms with E-state index in [1.165, 1.54) is 0 Å². The number of carbonyl (C=O) groups is 2. The van der Waals surface area contributed by atoms with E-state index in [-0.39, 0.29) is 11.8 Å². The number of fused-ring (bicyclic) bond motifs is 1. The van der Waals surface area contributed by atoms with Crippen LogP contribution >= 0.6 is 0 Å². The number of anilines is 1. The molecule has 5 heteroatoms. The van der Waals surface area contributed by atoms with Crippen LogP contribution in [0.5, 0.6) is 0 Å². The van der Waals surface area contributed by atoms with E-state index in [0.717, 1.165) is 37.3 Å². The molecule has 2 aliphatic rings. The molecule has 2 aliphatic heterocycles. The van der Waals surface area contributed by atoms with Crippen LogP contribution < -0.4 is 4.90 Å². The first kappa shape index (κ1) is 19.2. The van der Waals surface area contributed by atoms with Crippen molar-refractivity contribution in [1.29, 1.82) is 0 Å². The van der Waals surface area contributed by atoms with Crippen molar-refractivity contribution in [2.45, 2.75) is 40.5 Å². The van der Waals surface area contributed by atoms with Gasteiger partial charge in [0.2, 0.25) is 5.91 Å². The molecular formula is C22H29N3O2. The zero-order valence-corrected chi connectivity index (χ0v) is 16.7. The van der Waals surface area contributed by atoms with Crippen LogP contribution in [0.25, 0.3) is 0 Å². The summed E-state index contributed by atoms with van der Waals surface area (Å²) in [6.07, 6.45) is 5.72. The van der Waals surface area contributed by atoms with Gasteiger partial charge in [0.05, 0.1) is 5.69 Å². The van der Waals surface area contributed by atoms with E-state index >= 15 is 0 Å². The van der Waals surface area contributed by atoms with Gasteiger partial charge in [-0.2, -0.15) is 0 Å². The zero-order chi connectivity index (χ0) is 19.6. The monoisotopic (exact) mass is 367 g/mol. The standard InChI is InChI=1S/C22H29N3O2/c1-5-18(23(6-2)7-3)22(4)20(26)24-16-12-11-15-19(24)25(21(22)27)17-13-9-8-10-14-17/h5,8-10,13-15H,6-7,11-12,16H2,1-4H3/b18-5-/t22-/m1/s1. The van der Waals surface area contributed by atoms with Crippen LogP contribution in [0.3, 0.4) is 0 Å². The molecule has 0 unspecified atom stereocenters. The molecule has 1 aromatic carbocycles. The van der Waals surface area contributed by atoms with E-state index in [1.54, 1.807) is 16.7 Å². The highest BCUT2D eigenvalue weighted by Gasteiger charge is 2.56. The number of carbonyl (C=O) groups excluding carboxylic acids is 2. The van der Waals surface area contributed by atoms with Crippen molar-refractivity contribution in [3.8, 4) is 0 Å². The number of allylic oxidation sites excluding steroid dienone is 2. The second-order valence-electron chi connectivity index (χ2n) is 7.11. The molecule has 0 aromatic heterocycles. The zero-order valence-electron chi connectivity index (χ0n) is 16.7. The van der Waals surface area contributed by atoms with Gasteiger partial charge in [0.15, 0.2) is 5.41 Å². The Morgan fingerprint density at radius 3 is 2.41 bits per heavy atom. The fraction of sp³-hybridized carbons (Fsp3) is 0.455. The highest BCUT2D eigenvalue weighted by molar-refractivity contribution is 6.18. The summed E-state index contributed by atoms with van der Waals surface area (Å²) in [5, 5.41) is 0. The van der Waals surface area contributed by atoms with Crippen LogP contribution in [0.2, 0.25) is 0 Å². The summed E-state index contributed by atoms with van der Waals surface area (Å²) in [5.41, 5.74) is 0.355. The lowest BCUT2D eigenvalue weighted by molar-refractivity contribution is -0.149. The molecule has 0 radical (unpaired) electrons. The Hall–Kier alpha value is -2.56. The van der Waals surface area contributed by atoms with Gasteiger partial charge in [-0.1, -0.05) is 24.3 Å². The Morgan fingerprint density at radius 1 is 1.15 bits per heavy atom. The second kappa shape index (κ2) is 7.59. The first-order chi connectivity index (χ1) is 13.0. The first-order valence-corrected chi connectivity index (χ1v) is 9.84. The predicted octanol–water partition coefficient (Wildman–Crippen LogP) is 3.75. The fourth-order valence-electron chi connectivity index (χ4n) is 4.21.